The molecule has 1 aromatic carbocycles. The number of imidazole rings is 1. The van der Waals surface area contributed by atoms with Gasteiger partial charge in [-0.2, -0.15) is 0 Å². The first-order valence-electron chi connectivity index (χ1n) is 12.2. The van der Waals surface area contributed by atoms with Crippen molar-refractivity contribution in [3.63, 3.8) is 0 Å². The number of hydrogen-bond donors (Lipinski definition) is 0. The summed E-state index contributed by atoms with van der Waals surface area (Å²) in [4.78, 5) is 40.3. The summed E-state index contributed by atoms with van der Waals surface area (Å²) in [5.41, 5.74) is 4.58. The molecular formula is C26H30ClN5O3. The number of fused-ring (bicyclic) bond motifs is 3. The van der Waals surface area contributed by atoms with Gasteiger partial charge >= 0.3 is 6.09 Å². The number of ketones is 1. The zero-order chi connectivity index (χ0) is 24.7. The van der Waals surface area contributed by atoms with Crippen molar-refractivity contribution in [2.75, 3.05) is 12.0 Å². The Hall–Kier alpha value is -3.00. The van der Waals surface area contributed by atoms with Crippen LogP contribution in [0.25, 0.3) is 11.0 Å². The molecule has 0 unspecified atom stereocenters. The van der Waals surface area contributed by atoms with Gasteiger partial charge in [0.1, 0.15) is 16.8 Å². The van der Waals surface area contributed by atoms with Crippen LogP contribution in [0.3, 0.4) is 0 Å². The van der Waals surface area contributed by atoms with Gasteiger partial charge < -0.3 is 9.30 Å². The Balaban J connectivity index is 1.66. The highest BCUT2D eigenvalue weighted by Crippen LogP contribution is 2.41. The van der Waals surface area contributed by atoms with Gasteiger partial charge in [-0.15, -0.1) is 0 Å². The van der Waals surface area contributed by atoms with Crippen LogP contribution in [0.4, 0.5) is 10.5 Å². The average Bonchev–Trinajstić information content (AvgIpc) is 3.21. The van der Waals surface area contributed by atoms with Crippen LogP contribution in [0.1, 0.15) is 69.1 Å². The van der Waals surface area contributed by atoms with Gasteiger partial charge in [0.05, 0.1) is 35.7 Å². The van der Waals surface area contributed by atoms with Gasteiger partial charge in [0.2, 0.25) is 0 Å². The monoisotopic (exact) mass is 495 g/mol. The van der Waals surface area contributed by atoms with E-state index < -0.39 is 0 Å². The molecule has 0 bridgehead atoms. The second-order valence-electron chi connectivity index (χ2n) is 9.69. The molecule has 0 N–H and O–H groups in total. The summed E-state index contributed by atoms with van der Waals surface area (Å²) in [6.07, 6.45) is 8.76. The fourth-order valence-electron chi connectivity index (χ4n) is 5.75. The van der Waals surface area contributed by atoms with E-state index in [1.54, 1.807) is 18.0 Å². The summed E-state index contributed by atoms with van der Waals surface area (Å²) in [6, 6.07) is 4.28. The Labute approximate surface area is 209 Å². The average molecular weight is 496 g/mol. The Morgan fingerprint density at radius 1 is 1.17 bits per heavy atom. The van der Waals surface area contributed by atoms with Gasteiger partial charge in [-0.1, -0.05) is 18.0 Å². The number of rotatable bonds is 4. The molecule has 1 fully saturated rings. The number of benzene rings is 1. The Kier molecular flexibility index (Phi) is 6.49. The zero-order valence-corrected chi connectivity index (χ0v) is 21.1. The molecule has 8 nitrogen and oxygen atoms in total. The van der Waals surface area contributed by atoms with Gasteiger partial charge in [0, 0.05) is 36.2 Å². The van der Waals surface area contributed by atoms with E-state index in [1.165, 1.54) is 13.3 Å². The maximum atomic E-state index is 12.6. The van der Waals surface area contributed by atoms with Crippen LogP contribution < -0.4 is 4.90 Å². The third-order valence-electron chi connectivity index (χ3n) is 7.48. The smallest absolute Gasteiger partial charge is 0.414 e. The molecule has 0 radical (unpaired) electrons. The maximum absolute atomic E-state index is 12.6. The lowest BCUT2D eigenvalue weighted by Crippen LogP contribution is -2.42. The van der Waals surface area contributed by atoms with E-state index >= 15 is 0 Å². The first kappa shape index (κ1) is 23.7. The molecule has 184 valence electrons. The number of aromatic nitrogens is 4. The number of anilines is 1. The molecule has 1 aliphatic heterocycles. The Bertz CT molecular complexity index is 1290. The molecule has 3 atom stereocenters. The lowest BCUT2D eigenvalue weighted by atomic mass is 9.83. The Morgan fingerprint density at radius 2 is 2.00 bits per heavy atom. The highest BCUT2D eigenvalue weighted by molar-refractivity contribution is 6.29. The van der Waals surface area contributed by atoms with Crippen LogP contribution in [-0.4, -0.2) is 44.5 Å². The molecule has 3 aromatic rings. The third kappa shape index (κ3) is 4.40. The fraction of sp³-hybridized carbons (Fsp3) is 0.500. The summed E-state index contributed by atoms with van der Waals surface area (Å²) < 4.78 is 7.38. The van der Waals surface area contributed by atoms with Crippen molar-refractivity contribution in [3.8, 4) is 0 Å². The minimum atomic E-state index is -0.358. The molecule has 2 aliphatic rings. The molecule has 1 amide bonds. The number of carbonyl (C=O) groups excluding carboxylic acids is 2. The largest absolute Gasteiger partial charge is 0.452 e. The van der Waals surface area contributed by atoms with Crippen molar-refractivity contribution >= 4 is 40.2 Å². The van der Waals surface area contributed by atoms with Crippen molar-refractivity contribution < 1.29 is 14.3 Å². The zero-order valence-electron chi connectivity index (χ0n) is 20.3. The predicted octanol–water partition coefficient (Wildman–Crippen LogP) is 5.30. The van der Waals surface area contributed by atoms with E-state index in [2.05, 4.69) is 20.6 Å². The van der Waals surface area contributed by atoms with Crippen LogP contribution in [0.2, 0.25) is 5.15 Å². The van der Waals surface area contributed by atoms with Crippen LogP contribution in [0, 0.1) is 5.92 Å². The van der Waals surface area contributed by atoms with Crippen LogP contribution in [0.15, 0.2) is 24.5 Å². The highest BCUT2D eigenvalue weighted by atomic mass is 35.5. The van der Waals surface area contributed by atoms with Crippen LogP contribution in [0.5, 0.6) is 0 Å². The third-order valence-corrected chi connectivity index (χ3v) is 7.66. The molecular weight excluding hydrogens is 466 g/mol. The molecule has 1 saturated carbocycles. The second-order valence-corrected chi connectivity index (χ2v) is 10.1. The molecule has 2 aromatic heterocycles. The number of ether oxygens (including phenoxy) is 1. The van der Waals surface area contributed by atoms with Crippen molar-refractivity contribution in [3.05, 3.63) is 46.8 Å². The Morgan fingerprint density at radius 3 is 2.74 bits per heavy atom. The molecule has 3 heterocycles. The normalized spacial score (nSPS) is 22.2. The number of hydrogen-bond acceptors (Lipinski definition) is 6. The fourth-order valence-corrected chi connectivity index (χ4v) is 5.91. The topological polar surface area (TPSA) is 90.2 Å². The first-order chi connectivity index (χ1) is 16.9. The van der Waals surface area contributed by atoms with E-state index in [4.69, 9.17) is 21.3 Å². The summed E-state index contributed by atoms with van der Waals surface area (Å²) in [7, 11) is 1.41. The summed E-state index contributed by atoms with van der Waals surface area (Å²) >= 11 is 6.11. The molecule has 0 saturated heterocycles. The number of aryl methyl sites for hydroxylation is 1. The van der Waals surface area contributed by atoms with Crippen LogP contribution >= 0.6 is 11.6 Å². The van der Waals surface area contributed by atoms with Gasteiger partial charge in [0.15, 0.2) is 0 Å². The molecule has 9 heteroatoms. The summed E-state index contributed by atoms with van der Waals surface area (Å²) in [5, 5.41) is 0.347. The number of Topliss-reactive ketones (excluding diaryl/α,β-unsaturated/α-hetero) is 1. The van der Waals surface area contributed by atoms with E-state index in [9.17, 15) is 9.59 Å². The predicted molar refractivity (Wildman–Crippen MR) is 134 cm³/mol. The summed E-state index contributed by atoms with van der Waals surface area (Å²) in [6.45, 7) is 3.73. The maximum Gasteiger partial charge on any atom is 0.414 e. The lowest BCUT2D eigenvalue weighted by Gasteiger charge is -2.34. The number of methoxy groups -OCH3 is 1. The highest BCUT2D eigenvalue weighted by Gasteiger charge is 2.33. The van der Waals surface area contributed by atoms with E-state index in [-0.39, 0.29) is 29.9 Å². The van der Waals surface area contributed by atoms with Gasteiger partial charge in [0.25, 0.3) is 0 Å². The molecule has 35 heavy (non-hydrogen) atoms. The van der Waals surface area contributed by atoms with Crippen molar-refractivity contribution in [1.82, 2.24) is 19.5 Å². The van der Waals surface area contributed by atoms with E-state index in [0.717, 1.165) is 72.3 Å². The van der Waals surface area contributed by atoms with Gasteiger partial charge in [-0.25, -0.2) is 14.8 Å². The molecule has 5 rings (SSSR count). The minimum Gasteiger partial charge on any atom is -0.452 e. The first-order valence-corrected chi connectivity index (χ1v) is 12.6. The van der Waals surface area contributed by atoms with Gasteiger partial charge in [-0.3, -0.25) is 14.7 Å². The van der Waals surface area contributed by atoms with Gasteiger partial charge in [-0.05, 0) is 58.1 Å². The quantitative estimate of drug-likeness (QED) is 0.488. The van der Waals surface area contributed by atoms with Crippen molar-refractivity contribution in [2.45, 2.75) is 70.9 Å². The minimum absolute atomic E-state index is 0.0466. The van der Waals surface area contributed by atoms with Crippen molar-refractivity contribution in [1.29, 1.82) is 0 Å². The van der Waals surface area contributed by atoms with Crippen LogP contribution in [-0.2, 0) is 22.4 Å². The van der Waals surface area contributed by atoms with Crippen molar-refractivity contribution in [2.24, 2.45) is 5.92 Å². The number of carbonyl (C=O) groups is 2. The lowest BCUT2D eigenvalue weighted by molar-refractivity contribution is -0.122. The number of halogens is 1. The molecule has 0 spiro atoms. The number of amides is 1. The SMILES string of the molecule is COC(=O)N1c2ccc3c(nc(Cc4cncc(Cl)n4)n3[C@@H]3CCC[C@@H](C(C)=O)C3)c2CC[C@@H]1C. The standard InChI is InChI=1S/C26H30ClN5O3/c1-15-7-8-20-21(31(15)26(34)35-3)9-10-22-25(20)30-24(12-18-13-28-14-23(27)29-18)32(22)19-6-4-5-17(11-19)16(2)33/h9-10,13-15,17,19H,4-8,11-12H2,1-3H3/t15-,17+,19+/m0/s1. The number of nitrogens with zero attached hydrogens (tertiary/aromatic N) is 5. The van der Waals surface area contributed by atoms with E-state index in [0.29, 0.717) is 11.6 Å². The second kappa shape index (κ2) is 9.57. The van der Waals surface area contributed by atoms with E-state index in [1.807, 2.05) is 13.0 Å². The summed E-state index contributed by atoms with van der Waals surface area (Å²) in [5.74, 6) is 1.20. The molecule has 1 aliphatic carbocycles.